The Balaban J connectivity index is 2.66. The molecule has 120 valence electrons. The van der Waals surface area contributed by atoms with E-state index in [1.807, 2.05) is 12.1 Å². The van der Waals surface area contributed by atoms with Crippen LogP contribution in [0.15, 0.2) is 84.1 Å². The van der Waals surface area contributed by atoms with E-state index in [0.717, 1.165) is 11.1 Å². The highest BCUT2D eigenvalue weighted by Gasteiger charge is 2.12. The molecule has 1 heteroatoms. The van der Waals surface area contributed by atoms with Crippen LogP contribution >= 0.6 is 0 Å². The summed E-state index contributed by atoms with van der Waals surface area (Å²) < 4.78 is 0. The molecule has 2 aromatic rings. The lowest BCUT2D eigenvalue weighted by Crippen LogP contribution is -2.16. The first-order chi connectivity index (χ1) is 11.4. The van der Waals surface area contributed by atoms with Crippen molar-refractivity contribution >= 4 is 13.6 Å². The molecular weight excluding hydrogens is 304 g/mol. The molecule has 0 N–H and O–H groups in total. The van der Waals surface area contributed by atoms with Crippen molar-refractivity contribution in [3.63, 3.8) is 0 Å². The van der Waals surface area contributed by atoms with Crippen LogP contribution in [0.2, 0.25) is 19.6 Å². The van der Waals surface area contributed by atoms with E-state index >= 15 is 0 Å². The fraction of sp³-hybridized carbons (Fsp3) is 0.174. The van der Waals surface area contributed by atoms with E-state index < -0.39 is 8.07 Å². The fourth-order valence-electron chi connectivity index (χ4n) is 2.45. The second-order valence-corrected chi connectivity index (χ2v) is 11.5. The van der Waals surface area contributed by atoms with Gasteiger partial charge in [0.25, 0.3) is 0 Å². The SMILES string of the molecule is C=C=C(C#C[Si](C)(C)C)C(C)=C(c1ccccc1)c1ccccc1. The lowest BCUT2D eigenvalue weighted by Gasteiger charge is -2.13. The van der Waals surface area contributed by atoms with Gasteiger partial charge in [-0.2, -0.15) is 0 Å². The van der Waals surface area contributed by atoms with Crippen LogP contribution in [0.5, 0.6) is 0 Å². The zero-order valence-corrected chi connectivity index (χ0v) is 16.0. The zero-order chi connectivity index (χ0) is 17.6. The van der Waals surface area contributed by atoms with Gasteiger partial charge in [0, 0.05) is 0 Å². The van der Waals surface area contributed by atoms with E-state index in [4.69, 9.17) is 0 Å². The van der Waals surface area contributed by atoms with Gasteiger partial charge in [0.2, 0.25) is 0 Å². The van der Waals surface area contributed by atoms with Gasteiger partial charge in [0.1, 0.15) is 8.07 Å². The summed E-state index contributed by atoms with van der Waals surface area (Å²) in [6.07, 6.45) is 0. The van der Waals surface area contributed by atoms with Gasteiger partial charge in [0.05, 0.1) is 5.57 Å². The van der Waals surface area contributed by atoms with Crippen LogP contribution in [-0.2, 0) is 0 Å². The Labute approximate surface area is 147 Å². The molecule has 2 aromatic carbocycles. The summed E-state index contributed by atoms with van der Waals surface area (Å²) in [5, 5.41) is 0. The van der Waals surface area contributed by atoms with Crippen LogP contribution < -0.4 is 0 Å². The lowest BCUT2D eigenvalue weighted by molar-refractivity contribution is 1.42. The standard InChI is InChI=1S/C23H24Si/c1-6-20(17-18-24(3,4)5)19(2)23(21-13-9-7-10-14-21)22-15-11-8-12-16-22/h7-16H,1H2,2-5H3. The highest BCUT2D eigenvalue weighted by Crippen LogP contribution is 2.29. The molecule has 24 heavy (non-hydrogen) atoms. The van der Waals surface area contributed by atoms with E-state index in [2.05, 4.69) is 98.9 Å². The molecule has 0 fully saturated rings. The molecule has 0 amide bonds. The normalized spacial score (nSPS) is 10.2. The number of benzene rings is 2. The van der Waals surface area contributed by atoms with Crippen molar-refractivity contribution in [1.29, 1.82) is 0 Å². The average Bonchev–Trinajstić information content (AvgIpc) is 2.56. The Hall–Kier alpha value is -2.52. The average molecular weight is 329 g/mol. The molecule has 2 rings (SSSR count). The van der Waals surface area contributed by atoms with Gasteiger partial charge in [0.15, 0.2) is 0 Å². The predicted molar refractivity (Wildman–Crippen MR) is 108 cm³/mol. The molecule has 0 spiro atoms. The minimum atomic E-state index is -1.45. The Morgan fingerprint density at radius 3 is 1.67 bits per heavy atom. The predicted octanol–water partition coefficient (Wildman–Crippen LogP) is 6.10. The number of allylic oxidation sites excluding steroid dienone is 2. The highest BCUT2D eigenvalue weighted by atomic mass is 28.3. The first-order valence-corrected chi connectivity index (χ1v) is 11.7. The minimum Gasteiger partial charge on any atom is -0.126 e. The van der Waals surface area contributed by atoms with Crippen molar-refractivity contribution in [3.05, 3.63) is 95.2 Å². The van der Waals surface area contributed by atoms with Crippen molar-refractivity contribution in [2.45, 2.75) is 26.6 Å². The number of rotatable bonds is 3. The second kappa shape index (κ2) is 7.84. The topological polar surface area (TPSA) is 0 Å². The molecule has 0 radical (unpaired) electrons. The third-order valence-corrected chi connectivity index (χ3v) is 4.49. The van der Waals surface area contributed by atoms with Crippen molar-refractivity contribution in [2.24, 2.45) is 0 Å². The first kappa shape index (κ1) is 17.8. The summed E-state index contributed by atoms with van der Waals surface area (Å²) in [6.45, 7) is 12.7. The molecule has 0 aliphatic rings. The molecule has 0 saturated carbocycles. The smallest absolute Gasteiger partial charge is 0.126 e. The van der Waals surface area contributed by atoms with E-state index in [1.165, 1.54) is 16.7 Å². The van der Waals surface area contributed by atoms with Crippen LogP contribution in [0.4, 0.5) is 0 Å². The Morgan fingerprint density at radius 1 is 0.833 bits per heavy atom. The minimum absolute atomic E-state index is 0.889. The summed E-state index contributed by atoms with van der Waals surface area (Å²) in [5.41, 5.74) is 12.0. The Morgan fingerprint density at radius 2 is 1.29 bits per heavy atom. The maximum atomic E-state index is 3.87. The van der Waals surface area contributed by atoms with Crippen LogP contribution in [0, 0.1) is 11.5 Å². The monoisotopic (exact) mass is 328 g/mol. The summed E-state index contributed by atoms with van der Waals surface area (Å²) >= 11 is 0. The number of hydrogen-bond donors (Lipinski definition) is 0. The zero-order valence-electron chi connectivity index (χ0n) is 15.0. The molecule has 0 aliphatic heterocycles. The van der Waals surface area contributed by atoms with Gasteiger partial charge in [-0.1, -0.05) is 92.8 Å². The van der Waals surface area contributed by atoms with Crippen molar-refractivity contribution < 1.29 is 0 Å². The van der Waals surface area contributed by atoms with Gasteiger partial charge in [-0.05, 0) is 29.2 Å². The molecule has 0 heterocycles. The van der Waals surface area contributed by atoms with Crippen LogP contribution in [0.3, 0.4) is 0 Å². The van der Waals surface area contributed by atoms with Gasteiger partial charge < -0.3 is 0 Å². The van der Waals surface area contributed by atoms with Gasteiger partial charge in [-0.25, -0.2) is 0 Å². The van der Waals surface area contributed by atoms with Gasteiger partial charge in [-0.3, -0.25) is 0 Å². The highest BCUT2D eigenvalue weighted by molar-refractivity contribution is 6.83. The molecule has 0 bridgehead atoms. The van der Waals surface area contributed by atoms with Gasteiger partial charge in [-0.15, -0.1) is 11.3 Å². The molecule has 0 aromatic heterocycles. The summed E-state index contributed by atoms with van der Waals surface area (Å²) in [6, 6.07) is 20.9. The second-order valence-electron chi connectivity index (χ2n) is 6.78. The quantitative estimate of drug-likeness (QED) is 0.276. The molecule has 0 aliphatic carbocycles. The van der Waals surface area contributed by atoms with E-state index in [9.17, 15) is 0 Å². The summed E-state index contributed by atoms with van der Waals surface area (Å²) in [4.78, 5) is 0. The Kier molecular flexibility index (Phi) is 5.82. The van der Waals surface area contributed by atoms with Gasteiger partial charge >= 0.3 is 0 Å². The molecule has 0 saturated heterocycles. The van der Waals surface area contributed by atoms with Crippen LogP contribution in [0.1, 0.15) is 18.1 Å². The number of hydrogen-bond acceptors (Lipinski definition) is 0. The van der Waals surface area contributed by atoms with Crippen molar-refractivity contribution in [2.75, 3.05) is 0 Å². The summed E-state index contributed by atoms with van der Waals surface area (Å²) in [7, 11) is -1.45. The largest absolute Gasteiger partial charge is 0.129 e. The molecular formula is C23H24Si. The van der Waals surface area contributed by atoms with E-state index in [-0.39, 0.29) is 0 Å². The Bertz CT molecular complexity index is 790. The molecule has 0 atom stereocenters. The first-order valence-electron chi connectivity index (χ1n) is 8.17. The van der Waals surface area contributed by atoms with E-state index in [1.54, 1.807) is 0 Å². The maximum absolute atomic E-state index is 3.87. The van der Waals surface area contributed by atoms with Crippen molar-refractivity contribution in [3.8, 4) is 11.5 Å². The fourth-order valence-corrected chi connectivity index (χ4v) is 2.95. The van der Waals surface area contributed by atoms with Crippen LogP contribution in [-0.4, -0.2) is 8.07 Å². The molecule has 0 unspecified atom stereocenters. The third-order valence-electron chi connectivity index (χ3n) is 3.61. The van der Waals surface area contributed by atoms with E-state index in [0.29, 0.717) is 0 Å². The third kappa shape index (κ3) is 4.73. The van der Waals surface area contributed by atoms with Crippen molar-refractivity contribution in [1.82, 2.24) is 0 Å². The maximum Gasteiger partial charge on any atom is 0.129 e. The summed E-state index contributed by atoms with van der Waals surface area (Å²) in [5.74, 6) is 3.33. The molecule has 0 nitrogen and oxygen atoms in total. The lowest BCUT2D eigenvalue weighted by atomic mass is 9.91. The van der Waals surface area contributed by atoms with Crippen LogP contribution in [0.25, 0.3) is 5.57 Å².